The highest BCUT2D eigenvalue weighted by Gasteiger charge is 2.11. The van der Waals surface area contributed by atoms with Crippen LogP contribution in [0.4, 0.5) is 0 Å². The van der Waals surface area contributed by atoms with Gasteiger partial charge in [-0.15, -0.1) is 19.0 Å². The molecule has 0 bridgehead atoms. The van der Waals surface area contributed by atoms with Crippen LogP contribution in [0.2, 0.25) is 5.02 Å². The van der Waals surface area contributed by atoms with Crippen LogP contribution in [0.3, 0.4) is 0 Å². The van der Waals surface area contributed by atoms with Gasteiger partial charge in [0.05, 0.1) is 7.11 Å². The monoisotopic (exact) mass is 261 g/mol. The third kappa shape index (κ3) is 4.05. The van der Waals surface area contributed by atoms with Gasteiger partial charge in [0.15, 0.2) is 0 Å². The molecule has 0 heterocycles. The Morgan fingerprint density at radius 1 is 1.56 bits per heavy atom. The fourth-order valence-corrected chi connectivity index (χ4v) is 1.63. The van der Waals surface area contributed by atoms with Gasteiger partial charge in [0, 0.05) is 16.6 Å². The van der Waals surface area contributed by atoms with Crippen molar-refractivity contribution < 1.29 is 4.74 Å². The molecule has 1 rings (SSSR count). The summed E-state index contributed by atoms with van der Waals surface area (Å²) in [5, 5.41) is 0.680. The molecule has 2 nitrogen and oxygen atoms in total. The van der Waals surface area contributed by atoms with Gasteiger partial charge in [0.25, 0.3) is 0 Å². The van der Waals surface area contributed by atoms with Crippen LogP contribution in [-0.4, -0.2) is 7.11 Å². The first kappa shape index (κ1) is 15.3. The van der Waals surface area contributed by atoms with Gasteiger partial charge in [-0.05, 0) is 31.0 Å². The second kappa shape index (κ2) is 7.55. The molecule has 16 heavy (non-hydrogen) atoms. The van der Waals surface area contributed by atoms with E-state index in [1.807, 2.05) is 18.2 Å². The van der Waals surface area contributed by atoms with Gasteiger partial charge >= 0.3 is 0 Å². The van der Waals surface area contributed by atoms with Gasteiger partial charge in [-0.25, -0.2) is 0 Å². The van der Waals surface area contributed by atoms with Crippen LogP contribution in [0.5, 0.6) is 5.75 Å². The second-order valence-corrected chi connectivity index (χ2v) is 3.80. The Labute approximate surface area is 108 Å². The molecule has 1 aromatic carbocycles. The highest BCUT2D eigenvalue weighted by molar-refractivity contribution is 6.30. The van der Waals surface area contributed by atoms with Crippen LogP contribution in [0, 0.1) is 0 Å². The Hall–Kier alpha value is -0.700. The van der Waals surface area contributed by atoms with Crippen molar-refractivity contribution in [3.63, 3.8) is 0 Å². The Kier molecular flexibility index (Phi) is 7.22. The minimum absolute atomic E-state index is 0. The predicted molar refractivity (Wildman–Crippen MR) is 71.6 cm³/mol. The highest BCUT2D eigenvalue weighted by atomic mass is 35.5. The lowest BCUT2D eigenvalue weighted by atomic mass is 10.0. The summed E-state index contributed by atoms with van der Waals surface area (Å²) >= 11 is 5.92. The zero-order chi connectivity index (χ0) is 11.3. The molecule has 0 saturated carbocycles. The van der Waals surface area contributed by atoms with Gasteiger partial charge < -0.3 is 10.5 Å². The number of ether oxygens (including phenoxy) is 1. The van der Waals surface area contributed by atoms with E-state index in [2.05, 4.69) is 6.58 Å². The molecular formula is C12H17Cl2NO. The molecule has 0 aliphatic carbocycles. The van der Waals surface area contributed by atoms with Crippen molar-refractivity contribution in [3.8, 4) is 5.75 Å². The normalized spacial score (nSPS) is 11.4. The van der Waals surface area contributed by atoms with E-state index in [0.29, 0.717) is 5.02 Å². The van der Waals surface area contributed by atoms with Crippen molar-refractivity contribution in [1.82, 2.24) is 0 Å². The summed E-state index contributed by atoms with van der Waals surface area (Å²) in [6.07, 6.45) is 3.59. The second-order valence-electron chi connectivity index (χ2n) is 3.36. The summed E-state index contributed by atoms with van der Waals surface area (Å²) in [6, 6.07) is 5.43. The summed E-state index contributed by atoms with van der Waals surface area (Å²) in [7, 11) is 1.63. The van der Waals surface area contributed by atoms with Crippen molar-refractivity contribution >= 4 is 24.0 Å². The molecule has 0 aliphatic heterocycles. The van der Waals surface area contributed by atoms with Crippen LogP contribution >= 0.6 is 24.0 Å². The Morgan fingerprint density at radius 2 is 2.25 bits per heavy atom. The van der Waals surface area contributed by atoms with Crippen LogP contribution in [0.15, 0.2) is 30.9 Å². The molecule has 0 unspecified atom stereocenters. The van der Waals surface area contributed by atoms with E-state index in [4.69, 9.17) is 22.1 Å². The maximum Gasteiger partial charge on any atom is 0.123 e. The van der Waals surface area contributed by atoms with E-state index in [0.717, 1.165) is 24.2 Å². The first-order valence-electron chi connectivity index (χ1n) is 4.89. The van der Waals surface area contributed by atoms with Crippen LogP contribution < -0.4 is 10.5 Å². The predicted octanol–water partition coefficient (Wildman–Crippen LogP) is 3.74. The number of hydrogen-bond acceptors (Lipinski definition) is 2. The first-order chi connectivity index (χ1) is 7.19. The standard InChI is InChI=1S/C12H16ClNO.ClH/c1-3-4-5-11(14)10-8-9(13)6-7-12(10)15-2;/h3,6-8,11H,1,4-5,14H2,2H3;1H/t11-;/m0./s1. The molecule has 0 radical (unpaired) electrons. The van der Waals surface area contributed by atoms with E-state index in [1.165, 1.54) is 0 Å². The first-order valence-corrected chi connectivity index (χ1v) is 5.26. The summed E-state index contributed by atoms with van der Waals surface area (Å²) in [5.74, 6) is 0.788. The van der Waals surface area contributed by atoms with E-state index in [9.17, 15) is 0 Å². The molecule has 90 valence electrons. The maximum atomic E-state index is 6.04. The van der Waals surface area contributed by atoms with Gasteiger partial charge in [0.2, 0.25) is 0 Å². The maximum absolute atomic E-state index is 6.04. The van der Waals surface area contributed by atoms with Gasteiger partial charge in [-0.1, -0.05) is 17.7 Å². The minimum Gasteiger partial charge on any atom is -0.496 e. The van der Waals surface area contributed by atoms with Gasteiger partial charge in [0.1, 0.15) is 5.75 Å². The summed E-state index contributed by atoms with van der Waals surface area (Å²) in [6.45, 7) is 3.67. The SMILES string of the molecule is C=CCC[C@H](N)c1cc(Cl)ccc1OC.Cl. The Bertz CT molecular complexity index is 342. The topological polar surface area (TPSA) is 35.2 Å². The zero-order valence-corrected chi connectivity index (χ0v) is 10.9. The van der Waals surface area contributed by atoms with Crippen molar-refractivity contribution in [2.45, 2.75) is 18.9 Å². The molecule has 0 saturated heterocycles. The van der Waals surface area contributed by atoms with Crippen LogP contribution in [0.1, 0.15) is 24.4 Å². The van der Waals surface area contributed by atoms with E-state index < -0.39 is 0 Å². The third-order valence-corrected chi connectivity index (χ3v) is 2.51. The number of nitrogens with two attached hydrogens (primary N) is 1. The number of hydrogen-bond donors (Lipinski definition) is 1. The fraction of sp³-hybridized carbons (Fsp3) is 0.333. The lowest BCUT2D eigenvalue weighted by molar-refractivity contribution is 0.404. The summed E-state index contributed by atoms with van der Waals surface area (Å²) in [5.41, 5.74) is 6.99. The highest BCUT2D eigenvalue weighted by Crippen LogP contribution is 2.29. The summed E-state index contributed by atoms with van der Waals surface area (Å²) in [4.78, 5) is 0. The Morgan fingerprint density at radius 3 is 2.81 bits per heavy atom. The number of methoxy groups -OCH3 is 1. The van der Waals surface area contributed by atoms with E-state index in [1.54, 1.807) is 13.2 Å². The molecule has 0 aliphatic rings. The average molecular weight is 262 g/mol. The molecule has 1 aromatic rings. The lowest BCUT2D eigenvalue weighted by Crippen LogP contribution is -2.11. The van der Waals surface area contributed by atoms with Crippen molar-refractivity contribution in [1.29, 1.82) is 0 Å². The van der Waals surface area contributed by atoms with Gasteiger partial charge in [-0.2, -0.15) is 0 Å². The summed E-state index contributed by atoms with van der Waals surface area (Å²) < 4.78 is 5.24. The molecule has 2 N–H and O–H groups in total. The largest absolute Gasteiger partial charge is 0.496 e. The molecule has 1 atom stereocenters. The van der Waals surface area contributed by atoms with Crippen molar-refractivity contribution in [3.05, 3.63) is 41.4 Å². The number of rotatable bonds is 5. The zero-order valence-electron chi connectivity index (χ0n) is 9.28. The molecule has 0 spiro atoms. The van der Waals surface area contributed by atoms with Crippen molar-refractivity contribution in [2.75, 3.05) is 7.11 Å². The average Bonchev–Trinajstić information content (AvgIpc) is 2.25. The Balaban J connectivity index is 0.00000225. The lowest BCUT2D eigenvalue weighted by Gasteiger charge is -2.15. The molecule has 0 fully saturated rings. The molecule has 0 aromatic heterocycles. The van der Waals surface area contributed by atoms with Crippen LogP contribution in [0.25, 0.3) is 0 Å². The number of benzene rings is 1. The minimum atomic E-state index is -0.0587. The molecule has 4 heteroatoms. The third-order valence-electron chi connectivity index (χ3n) is 2.27. The van der Waals surface area contributed by atoms with E-state index >= 15 is 0 Å². The number of allylic oxidation sites excluding steroid dienone is 1. The molecule has 0 amide bonds. The fourth-order valence-electron chi connectivity index (χ4n) is 1.45. The molecular weight excluding hydrogens is 245 g/mol. The quantitative estimate of drug-likeness (QED) is 0.820. The van der Waals surface area contributed by atoms with Crippen molar-refractivity contribution in [2.24, 2.45) is 5.73 Å². The number of halogens is 2. The van der Waals surface area contributed by atoms with E-state index in [-0.39, 0.29) is 18.4 Å². The van der Waals surface area contributed by atoms with Crippen LogP contribution in [-0.2, 0) is 0 Å². The smallest absolute Gasteiger partial charge is 0.123 e. The van der Waals surface area contributed by atoms with Gasteiger partial charge in [-0.3, -0.25) is 0 Å².